The predicted octanol–water partition coefficient (Wildman–Crippen LogP) is 3.34. The van der Waals surface area contributed by atoms with Gasteiger partial charge in [-0.05, 0) is 53.8 Å². The van der Waals surface area contributed by atoms with Gasteiger partial charge in [0.25, 0.3) is 5.91 Å². The Morgan fingerprint density at radius 2 is 1.81 bits per heavy atom. The van der Waals surface area contributed by atoms with Gasteiger partial charge in [0.2, 0.25) is 10.0 Å². The molecule has 0 spiro atoms. The van der Waals surface area contributed by atoms with Crippen molar-refractivity contribution >= 4 is 15.9 Å². The molecule has 192 valence electrons. The summed E-state index contributed by atoms with van der Waals surface area (Å²) in [5, 5.41) is 13.5. The fourth-order valence-electron chi connectivity index (χ4n) is 3.52. The summed E-state index contributed by atoms with van der Waals surface area (Å²) in [4.78, 5) is 16.5. The number of aromatic nitrogens is 1. The molecule has 3 rings (SSSR count). The summed E-state index contributed by atoms with van der Waals surface area (Å²) in [5.74, 6) is -0.153. The van der Waals surface area contributed by atoms with E-state index in [2.05, 4.69) is 10.3 Å². The van der Waals surface area contributed by atoms with Crippen LogP contribution >= 0.6 is 0 Å². The molecule has 0 fully saturated rings. The van der Waals surface area contributed by atoms with Crippen molar-refractivity contribution in [2.75, 3.05) is 26.0 Å². The second kappa shape index (κ2) is 12.6. The van der Waals surface area contributed by atoms with Gasteiger partial charge in [-0.25, -0.2) is 13.1 Å². The lowest BCUT2D eigenvalue weighted by Gasteiger charge is -2.15. The zero-order valence-electron chi connectivity index (χ0n) is 20.8. The smallest absolute Gasteiger partial charge is 0.268 e. The minimum absolute atomic E-state index is 0.168. The third-order valence-electron chi connectivity index (χ3n) is 5.36. The van der Waals surface area contributed by atoms with Crippen LogP contribution in [0.3, 0.4) is 0 Å². The van der Waals surface area contributed by atoms with Crippen molar-refractivity contribution in [3.8, 4) is 16.9 Å². The zero-order chi connectivity index (χ0) is 26.1. The topological polar surface area (TPSA) is 118 Å². The number of nitrogens with one attached hydrogen (secondary N) is 2. The highest BCUT2D eigenvalue weighted by molar-refractivity contribution is 7.89. The molecule has 1 heterocycles. The summed E-state index contributed by atoms with van der Waals surface area (Å²) in [6, 6.07) is 16.8. The first-order valence-electron chi connectivity index (χ1n) is 11.8. The van der Waals surface area contributed by atoms with Crippen LogP contribution in [-0.4, -0.2) is 50.4 Å². The number of carbonyl (C=O) groups excluding carboxylic acids is 1. The number of amides is 1. The number of hydrogen-bond acceptors (Lipinski definition) is 7. The minimum Gasteiger partial charge on any atom is -0.492 e. The predicted molar refractivity (Wildman–Crippen MR) is 140 cm³/mol. The first-order chi connectivity index (χ1) is 17.1. The molecule has 0 saturated carbocycles. The Hall–Kier alpha value is -3.27. The van der Waals surface area contributed by atoms with Crippen LogP contribution in [0.15, 0.2) is 67.0 Å². The van der Waals surface area contributed by atoms with Gasteiger partial charge >= 0.3 is 0 Å². The highest BCUT2D eigenvalue weighted by atomic mass is 32.2. The molecule has 1 amide bonds. The molecule has 0 unspecified atom stereocenters. The Kier molecular flexibility index (Phi) is 9.58. The molecule has 1 atom stereocenters. The number of pyridine rings is 1. The van der Waals surface area contributed by atoms with E-state index in [9.17, 15) is 18.3 Å². The summed E-state index contributed by atoms with van der Waals surface area (Å²) in [7, 11) is -3.69. The molecule has 1 aromatic heterocycles. The van der Waals surface area contributed by atoms with Crippen molar-refractivity contribution in [1.29, 1.82) is 0 Å². The largest absolute Gasteiger partial charge is 0.492 e. The van der Waals surface area contributed by atoms with Crippen LogP contribution in [0.5, 0.6) is 5.75 Å². The average Bonchev–Trinajstić information content (AvgIpc) is 2.85. The molecule has 3 aromatic rings. The molecule has 0 saturated heterocycles. The van der Waals surface area contributed by atoms with E-state index in [4.69, 9.17) is 4.74 Å². The molecule has 0 aliphatic heterocycles. The number of nitrogens with zero attached hydrogens (tertiary/aromatic N) is 1. The van der Waals surface area contributed by atoms with Crippen molar-refractivity contribution in [2.45, 2.75) is 26.4 Å². The van der Waals surface area contributed by atoms with Crippen LogP contribution in [-0.2, 0) is 16.4 Å². The van der Waals surface area contributed by atoms with E-state index in [1.807, 2.05) is 48.9 Å². The van der Waals surface area contributed by atoms with Gasteiger partial charge in [-0.15, -0.1) is 0 Å². The van der Waals surface area contributed by atoms with Crippen molar-refractivity contribution in [1.82, 2.24) is 15.0 Å². The monoisotopic (exact) mass is 511 g/mol. The molecule has 36 heavy (non-hydrogen) atoms. The molecule has 0 aliphatic rings. The fraction of sp³-hybridized carbons (Fsp3) is 0.333. The lowest BCUT2D eigenvalue weighted by Crippen LogP contribution is -2.29. The van der Waals surface area contributed by atoms with E-state index in [-0.39, 0.29) is 11.5 Å². The van der Waals surface area contributed by atoms with Gasteiger partial charge in [0.05, 0.1) is 24.5 Å². The number of hydrogen-bond donors (Lipinski definition) is 3. The third kappa shape index (κ3) is 8.44. The van der Waals surface area contributed by atoms with Crippen LogP contribution < -0.4 is 14.8 Å². The van der Waals surface area contributed by atoms with Crippen molar-refractivity contribution in [3.05, 3.63) is 83.7 Å². The number of benzene rings is 2. The lowest BCUT2D eigenvalue weighted by molar-refractivity contribution is 0.0977. The Balaban J connectivity index is 1.64. The Labute approximate surface area is 212 Å². The second-order valence-corrected chi connectivity index (χ2v) is 10.8. The van der Waals surface area contributed by atoms with Crippen LogP contribution in [0.2, 0.25) is 0 Å². The first kappa shape index (κ1) is 27.3. The molecule has 3 N–H and O–H groups in total. The molecule has 0 aliphatic carbocycles. The molecule has 8 nitrogen and oxygen atoms in total. The summed E-state index contributed by atoms with van der Waals surface area (Å²) in [5.41, 5.74) is 3.89. The third-order valence-corrected chi connectivity index (χ3v) is 5.92. The highest BCUT2D eigenvalue weighted by Crippen LogP contribution is 2.28. The quantitative estimate of drug-likeness (QED) is 0.319. The highest BCUT2D eigenvalue weighted by Gasteiger charge is 2.18. The SMILES string of the molecule is CC(C)COc1cc(-c2ccc(CCNC[C@H](O)c3cccnc3)cc2)ccc1C(=O)NS(C)(=O)=O. The van der Waals surface area contributed by atoms with E-state index in [1.54, 1.807) is 36.7 Å². The standard InChI is InChI=1S/C27H33N3O5S/c1-19(2)18-35-26-15-22(10-11-24(26)27(32)30-36(3,33)34)21-8-6-20(7-9-21)12-14-29-17-25(31)23-5-4-13-28-16-23/h4-11,13,15-16,19,25,29,31H,12,14,17-18H2,1-3H3,(H,30,32)/t25-/m0/s1. The summed E-state index contributed by atoms with van der Waals surface area (Å²) < 4.78 is 30.9. The van der Waals surface area contributed by atoms with E-state index in [1.165, 1.54) is 0 Å². The van der Waals surface area contributed by atoms with E-state index < -0.39 is 22.0 Å². The van der Waals surface area contributed by atoms with Crippen LogP contribution in [0, 0.1) is 5.92 Å². The molecular weight excluding hydrogens is 478 g/mol. The molecule has 2 aromatic carbocycles. The van der Waals surface area contributed by atoms with Crippen molar-refractivity contribution in [3.63, 3.8) is 0 Å². The Morgan fingerprint density at radius 1 is 1.08 bits per heavy atom. The molecule has 9 heteroatoms. The molecule has 0 radical (unpaired) electrons. The minimum atomic E-state index is -3.69. The van der Waals surface area contributed by atoms with Gasteiger partial charge in [0.15, 0.2) is 0 Å². The van der Waals surface area contributed by atoms with Crippen molar-refractivity contribution in [2.24, 2.45) is 5.92 Å². The van der Waals surface area contributed by atoms with Gasteiger partial charge in [-0.3, -0.25) is 9.78 Å². The summed E-state index contributed by atoms with van der Waals surface area (Å²) in [6.07, 6.45) is 4.48. The second-order valence-electron chi connectivity index (χ2n) is 9.07. The van der Waals surface area contributed by atoms with Crippen LogP contribution in [0.1, 0.15) is 41.4 Å². The average molecular weight is 512 g/mol. The number of carbonyl (C=O) groups is 1. The van der Waals surface area contributed by atoms with Gasteiger partial charge in [0.1, 0.15) is 5.75 Å². The fourth-order valence-corrected chi connectivity index (χ4v) is 3.96. The van der Waals surface area contributed by atoms with Crippen molar-refractivity contribution < 1.29 is 23.1 Å². The number of sulfonamides is 1. The Bertz CT molecular complexity index is 1250. The van der Waals surface area contributed by atoms with Gasteiger partial charge < -0.3 is 15.2 Å². The normalized spacial score (nSPS) is 12.4. The summed E-state index contributed by atoms with van der Waals surface area (Å²) >= 11 is 0. The molecular formula is C27H33N3O5S. The lowest BCUT2D eigenvalue weighted by atomic mass is 10.0. The van der Waals surface area contributed by atoms with Crippen LogP contribution in [0.4, 0.5) is 0 Å². The Morgan fingerprint density at radius 3 is 2.44 bits per heavy atom. The maximum atomic E-state index is 12.5. The number of ether oxygens (including phenoxy) is 1. The van der Waals surface area contributed by atoms with E-state index in [0.717, 1.165) is 34.9 Å². The van der Waals surface area contributed by atoms with Gasteiger partial charge in [0, 0.05) is 24.5 Å². The maximum absolute atomic E-state index is 12.5. The number of aliphatic hydroxyl groups excluding tert-OH is 1. The van der Waals surface area contributed by atoms with E-state index in [0.29, 0.717) is 25.4 Å². The number of aliphatic hydroxyl groups is 1. The van der Waals surface area contributed by atoms with Gasteiger partial charge in [-0.2, -0.15) is 0 Å². The summed E-state index contributed by atoms with van der Waals surface area (Å²) in [6.45, 7) is 5.54. The van der Waals surface area contributed by atoms with Gasteiger partial charge in [-0.1, -0.05) is 50.2 Å². The zero-order valence-corrected chi connectivity index (χ0v) is 21.6. The maximum Gasteiger partial charge on any atom is 0.268 e. The van der Waals surface area contributed by atoms with E-state index >= 15 is 0 Å². The van der Waals surface area contributed by atoms with Crippen LogP contribution in [0.25, 0.3) is 11.1 Å². The number of rotatable bonds is 12. The first-order valence-corrected chi connectivity index (χ1v) is 13.7. The molecule has 0 bridgehead atoms.